The quantitative estimate of drug-likeness (QED) is 0.252. The van der Waals surface area contributed by atoms with Gasteiger partial charge >= 0.3 is 0 Å². The predicted molar refractivity (Wildman–Crippen MR) is 314 cm³/mol. The van der Waals surface area contributed by atoms with Gasteiger partial charge < -0.3 is 14.4 Å². The Bertz CT molecular complexity index is 1250. The summed E-state index contributed by atoms with van der Waals surface area (Å²) in [5.41, 5.74) is 3.06. The molecule has 0 aromatic rings. The maximum absolute atomic E-state index is 6.01. The predicted octanol–water partition coefficient (Wildman–Crippen LogP) is 18.7. The molecule has 4 atom stereocenters. The van der Waals surface area contributed by atoms with Crippen LogP contribution in [0.2, 0.25) is 0 Å². The fraction of sp³-hybridized carbons (Fsp3) is 1.00. The van der Waals surface area contributed by atoms with Crippen molar-refractivity contribution in [1.82, 2.24) is 14.7 Å². The highest BCUT2D eigenvalue weighted by Crippen LogP contribution is 2.42. The second-order valence-corrected chi connectivity index (χ2v) is 32.2. The number of hydrogen-bond donors (Lipinski definition) is 0. The number of morpholine rings is 1. The molecule has 1 rings (SSSR count). The van der Waals surface area contributed by atoms with Gasteiger partial charge in [0.2, 0.25) is 0 Å². The van der Waals surface area contributed by atoms with Gasteiger partial charge in [0.1, 0.15) is 0 Å². The van der Waals surface area contributed by atoms with Crippen molar-refractivity contribution in [2.24, 2.45) is 37.9 Å². The van der Waals surface area contributed by atoms with Crippen molar-refractivity contribution in [2.45, 2.75) is 333 Å². The van der Waals surface area contributed by atoms with Crippen LogP contribution in [0.15, 0.2) is 0 Å². The van der Waals surface area contributed by atoms with Crippen molar-refractivity contribution >= 4 is 11.8 Å². The molecule has 1 aliphatic rings. The average Bonchev–Trinajstić information content (AvgIpc) is 3.05. The van der Waals surface area contributed by atoms with Gasteiger partial charge in [-0.3, -0.25) is 9.80 Å². The lowest BCUT2D eigenvalue weighted by atomic mass is 9.71. The minimum atomic E-state index is -0.0208. The highest BCUT2D eigenvalue weighted by Gasteiger charge is 2.48. The lowest BCUT2D eigenvalue weighted by Gasteiger charge is -2.58. The Morgan fingerprint density at radius 1 is 0.433 bits per heavy atom. The molecule has 0 spiro atoms. The first-order valence-electron chi connectivity index (χ1n) is 26.6. The highest BCUT2D eigenvalue weighted by molar-refractivity contribution is 8.00. The largest absolute Gasteiger partial charge is 0.378 e. The van der Waals surface area contributed by atoms with Crippen LogP contribution in [0.1, 0.15) is 270 Å². The number of methoxy groups -OCH3 is 1. The van der Waals surface area contributed by atoms with Gasteiger partial charge in [0.25, 0.3) is 0 Å². The molecule has 412 valence electrons. The van der Waals surface area contributed by atoms with Crippen molar-refractivity contribution in [3.8, 4) is 0 Å². The van der Waals surface area contributed by atoms with Gasteiger partial charge in [0.05, 0.1) is 17.8 Å². The van der Waals surface area contributed by atoms with Gasteiger partial charge in [0.15, 0.2) is 0 Å². The van der Waals surface area contributed by atoms with E-state index in [1.807, 2.05) is 11.8 Å². The second kappa shape index (κ2) is 26.9. The van der Waals surface area contributed by atoms with Crippen molar-refractivity contribution < 1.29 is 9.47 Å². The van der Waals surface area contributed by atoms with E-state index >= 15 is 0 Å². The zero-order valence-corrected chi connectivity index (χ0v) is 55.8. The molecule has 1 saturated heterocycles. The van der Waals surface area contributed by atoms with E-state index in [2.05, 4.69) is 305 Å². The first-order chi connectivity index (χ1) is 28.6. The molecule has 0 amide bonds. The van der Waals surface area contributed by atoms with E-state index < -0.39 is 0 Å². The summed E-state index contributed by atoms with van der Waals surface area (Å²) in [6.45, 7) is 88.7. The lowest BCUT2D eigenvalue weighted by molar-refractivity contribution is -0.176. The van der Waals surface area contributed by atoms with Crippen LogP contribution in [0.5, 0.6) is 0 Å². The number of hydrogen-bond acceptors (Lipinski definition) is 6. The summed E-state index contributed by atoms with van der Waals surface area (Å²) in [5.74, 6) is 0. The first kappa shape index (κ1) is 76.1. The van der Waals surface area contributed by atoms with Crippen LogP contribution in [-0.4, -0.2) is 106 Å². The Morgan fingerprint density at radius 3 is 0.806 bits per heavy atom. The molecule has 0 bridgehead atoms. The zero-order chi connectivity index (χ0) is 56.3. The van der Waals surface area contributed by atoms with Gasteiger partial charge in [-0.25, -0.2) is 0 Å². The van der Waals surface area contributed by atoms with Crippen LogP contribution in [-0.2, 0) is 9.47 Å². The van der Waals surface area contributed by atoms with Crippen molar-refractivity contribution in [3.05, 3.63) is 0 Å². The minimum absolute atomic E-state index is 0.0208. The van der Waals surface area contributed by atoms with Gasteiger partial charge in [-0.15, -0.1) is 0 Å². The maximum Gasteiger partial charge on any atom is 0.0704 e. The highest BCUT2D eigenvalue weighted by atomic mass is 32.2. The van der Waals surface area contributed by atoms with Crippen molar-refractivity contribution in [1.29, 1.82) is 0 Å². The Labute approximate surface area is 432 Å². The topological polar surface area (TPSA) is 28.2 Å². The number of rotatable bonds is 7. The summed E-state index contributed by atoms with van der Waals surface area (Å²) in [6.07, 6.45) is 2.79. The molecular weight excluding hydrogens is 839 g/mol. The minimum Gasteiger partial charge on any atom is -0.378 e. The molecule has 5 nitrogen and oxygen atoms in total. The third kappa shape index (κ3) is 24.2. The Balaban J connectivity index is -0.000000235. The second-order valence-electron chi connectivity index (χ2n) is 30.8. The van der Waals surface area contributed by atoms with Gasteiger partial charge in [-0.05, 0) is 169 Å². The normalized spacial score (nSPS) is 20.1. The van der Waals surface area contributed by atoms with Crippen LogP contribution in [0.3, 0.4) is 0 Å². The molecule has 1 fully saturated rings. The van der Waals surface area contributed by atoms with Crippen LogP contribution < -0.4 is 0 Å². The average molecular weight is 975 g/mol. The third-order valence-electron chi connectivity index (χ3n) is 18.6. The van der Waals surface area contributed by atoms with Crippen LogP contribution in [0.4, 0.5) is 0 Å². The summed E-state index contributed by atoms with van der Waals surface area (Å²) < 4.78 is 11.7. The molecule has 0 saturated carbocycles. The Morgan fingerprint density at radius 2 is 0.716 bits per heavy atom. The monoisotopic (exact) mass is 974 g/mol. The summed E-state index contributed by atoms with van der Waals surface area (Å²) in [4.78, 5) is 7.53. The van der Waals surface area contributed by atoms with Crippen LogP contribution >= 0.6 is 11.8 Å². The number of nitrogens with zero attached hydrogens (tertiary/aromatic N) is 3. The smallest absolute Gasteiger partial charge is 0.0704 e. The van der Waals surface area contributed by atoms with E-state index in [4.69, 9.17) is 9.47 Å². The summed E-state index contributed by atoms with van der Waals surface area (Å²) in [5, 5.41) is 0. The molecule has 6 heteroatoms. The zero-order valence-electron chi connectivity index (χ0n) is 55.0. The van der Waals surface area contributed by atoms with Gasteiger partial charge in [0, 0.05) is 52.6 Å². The van der Waals surface area contributed by atoms with E-state index in [1.165, 1.54) is 0 Å². The standard InChI is InChI=1S/C15H31NO.C13H29N.C9H21N.C8H18O.C8H18S.C8H18/c1-10-12(3)17-13(4)11(2)16(10)15(8,9)14(5,6)7;1-10(2)14(11(3)4)13(8,9)12(5,6)7;1-8(2,3)9(4,5)10(6)7;2*1-7(2,3)8(4,5)9-6;1-7(2,3)8(4,5)6/h10-13H,1-9H3;10-11H,1-9H3;1-7H3;2*1-6H3;1-6H3. The van der Waals surface area contributed by atoms with Gasteiger partial charge in [-0.1, -0.05) is 159 Å². The fourth-order valence-corrected chi connectivity index (χ4v) is 6.96. The Kier molecular flexibility index (Phi) is 30.6. The summed E-state index contributed by atoms with van der Waals surface area (Å²) in [7, 11) is 6.02. The van der Waals surface area contributed by atoms with Crippen LogP contribution in [0.25, 0.3) is 0 Å². The SMILES string of the molecule is CC(C)(C)C(C)(C)C.CC(C)N(C(C)C)C(C)(C)C(C)(C)C.CC1OC(C)C(C)N(C(C)(C)C(C)(C)C)C1C.CN(C)C(C)(C)C(C)(C)C.COC(C)(C)C(C)(C)C.CSC(C)(C)C(C)(C)C. The van der Waals surface area contributed by atoms with Crippen molar-refractivity contribution in [2.75, 3.05) is 27.5 Å². The number of thioether (sulfide) groups is 1. The van der Waals surface area contributed by atoms with E-state index in [1.54, 1.807) is 7.11 Å². The molecule has 1 aliphatic heterocycles. The molecule has 1 heterocycles. The molecule has 0 aromatic carbocycles. The lowest BCUT2D eigenvalue weighted by Crippen LogP contribution is -2.67. The maximum atomic E-state index is 6.01. The van der Waals surface area contributed by atoms with Gasteiger partial charge in [-0.2, -0.15) is 11.8 Å². The molecule has 0 aromatic heterocycles. The third-order valence-corrected chi connectivity index (χ3v) is 20.2. The molecule has 67 heavy (non-hydrogen) atoms. The molecule has 4 unspecified atom stereocenters. The molecule has 0 radical (unpaired) electrons. The fourth-order valence-electron chi connectivity index (χ4n) is 6.35. The van der Waals surface area contributed by atoms with E-state index in [9.17, 15) is 0 Å². The molecule has 0 aliphatic carbocycles. The van der Waals surface area contributed by atoms with E-state index in [0.717, 1.165) is 0 Å². The summed E-state index contributed by atoms with van der Waals surface area (Å²) in [6, 6.07) is 2.14. The number of ether oxygens (including phenoxy) is 2. The molecule has 0 N–H and O–H groups in total. The van der Waals surface area contributed by atoms with E-state index in [0.29, 0.717) is 68.2 Å². The van der Waals surface area contributed by atoms with Crippen LogP contribution in [0, 0.1) is 37.9 Å². The van der Waals surface area contributed by atoms with Crippen molar-refractivity contribution in [3.63, 3.8) is 0 Å². The molecular formula is C61H135N3O2S. The summed E-state index contributed by atoms with van der Waals surface area (Å²) >= 11 is 1.93. The first-order valence-corrected chi connectivity index (χ1v) is 27.8. The Hall–Kier alpha value is 0.150. The van der Waals surface area contributed by atoms with E-state index in [-0.39, 0.29) is 33.0 Å².